The first-order valence-electron chi connectivity index (χ1n) is 16.7. The number of aliphatic imine (C=N–C) groups is 1. The number of rotatable bonds is 11. The zero-order valence-electron chi connectivity index (χ0n) is 28.7. The number of thioether (sulfide) groups is 1. The van der Waals surface area contributed by atoms with Crippen LogP contribution in [0.4, 0.5) is 0 Å². The fraction of sp³-hybridized carbons (Fsp3) is 0.425. The Bertz CT molecular complexity index is 1410. The third-order valence-corrected chi connectivity index (χ3v) is 9.72. The quantitative estimate of drug-likeness (QED) is 0.115. The van der Waals surface area contributed by atoms with Gasteiger partial charge in [0.2, 0.25) is 0 Å². The standard InChI is InChI=1S/C32H35ClO3S.C6H9NO.C2H6/c1-3-10-28(34)26(25-15-16-29(37-2)27(33)20-25)19-22-17-18-32(21-22)35-30(23-11-6-4-7-12-23)31(36-32)24-13-8-5-9-14-24;1-3-4-6(5-8)7-2;1-2/h4-9,11-16,20,22,26,30-31H,3,10,17-19,21H2,1-2H3;3-5H,1-2H3;1-2H3/b;4-3-,7-6?;/t22-,26?,30-,31-;;/m1../s1. The van der Waals surface area contributed by atoms with E-state index in [4.69, 9.17) is 21.1 Å². The summed E-state index contributed by atoms with van der Waals surface area (Å²) in [5, 5.41) is 0.723. The Kier molecular flexibility index (Phi) is 16.1. The van der Waals surface area contributed by atoms with Crippen molar-refractivity contribution < 1.29 is 19.1 Å². The Morgan fingerprint density at radius 1 is 1.02 bits per heavy atom. The van der Waals surface area contributed by atoms with Crippen LogP contribution in [0, 0.1) is 5.92 Å². The number of allylic oxidation sites excluding steroid dienone is 2. The summed E-state index contributed by atoms with van der Waals surface area (Å²) in [7, 11) is 1.59. The van der Waals surface area contributed by atoms with Crippen molar-refractivity contribution in [2.75, 3.05) is 13.3 Å². The average Bonchev–Trinajstić information content (AvgIpc) is 3.70. The highest BCUT2D eigenvalue weighted by molar-refractivity contribution is 7.98. The number of carbonyl (C=O) groups excluding carboxylic acids is 2. The van der Waals surface area contributed by atoms with Crippen LogP contribution >= 0.6 is 23.4 Å². The summed E-state index contributed by atoms with van der Waals surface area (Å²) < 4.78 is 13.6. The van der Waals surface area contributed by atoms with E-state index in [1.807, 2.05) is 51.3 Å². The first kappa shape index (κ1) is 38.4. The molecule has 1 saturated carbocycles. The fourth-order valence-electron chi connectivity index (χ4n) is 6.31. The Labute approximate surface area is 291 Å². The van der Waals surface area contributed by atoms with E-state index in [9.17, 15) is 9.59 Å². The van der Waals surface area contributed by atoms with Gasteiger partial charge in [0.05, 0.1) is 10.7 Å². The summed E-state index contributed by atoms with van der Waals surface area (Å²) in [6.07, 6.45) is 10.7. The molecule has 1 spiro atoms. The molecule has 0 bridgehead atoms. The van der Waals surface area contributed by atoms with Crippen molar-refractivity contribution in [2.45, 2.75) is 95.0 Å². The number of carbonyl (C=O) groups is 2. The number of ether oxygens (including phenoxy) is 2. The number of nitrogens with zero attached hydrogens (tertiary/aromatic N) is 1. The SMILES string of the molecule is C/C=C\C(C=O)=NC.CC.CCCC(=O)C(C[C@H]1CCC2(C1)O[C@H](c1ccccc1)[C@@H](c1ccccc1)O2)c1ccc(SC)c(Cl)c1. The third-order valence-electron chi connectivity index (χ3n) is 8.50. The normalized spacial score (nSPS) is 20.7. The molecule has 7 heteroatoms. The van der Waals surface area contributed by atoms with Gasteiger partial charge < -0.3 is 9.47 Å². The van der Waals surface area contributed by atoms with Gasteiger partial charge in [0, 0.05) is 37.1 Å². The summed E-state index contributed by atoms with van der Waals surface area (Å²) in [6.45, 7) is 7.91. The maximum atomic E-state index is 13.3. The third kappa shape index (κ3) is 10.5. The van der Waals surface area contributed by atoms with E-state index in [1.54, 1.807) is 31.0 Å². The zero-order valence-corrected chi connectivity index (χ0v) is 30.2. The maximum Gasteiger partial charge on any atom is 0.170 e. The van der Waals surface area contributed by atoms with Crippen LogP contribution in [0.5, 0.6) is 0 Å². The molecule has 252 valence electrons. The number of benzene rings is 3. The van der Waals surface area contributed by atoms with Gasteiger partial charge >= 0.3 is 0 Å². The van der Waals surface area contributed by atoms with E-state index >= 15 is 0 Å². The molecule has 1 heterocycles. The molecule has 2 aliphatic rings. The van der Waals surface area contributed by atoms with Gasteiger partial charge in [-0.05, 0) is 73.3 Å². The smallest absolute Gasteiger partial charge is 0.170 e. The Morgan fingerprint density at radius 3 is 2.06 bits per heavy atom. The lowest BCUT2D eigenvalue weighted by molar-refractivity contribution is -0.173. The number of halogens is 1. The number of Topliss-reactive ketones (excluding diaryl/α,β-unsaturated/α-hetero) is 1. The van der Waals surface area contributed by atoms with Gasteiger partial charge in [0.25, 0.3) is 0 Å². The largest absolute Gasteiger partial charge is 0.339 e. The van der Waals surface area contributed by atoms with Crippen LogP contribution in [0.2, 0.25) is 5.02 Å². The predicted molar refractivity (Wildman–Crippen MR) is 197 cm³/mol. The molecule has 4 atom stereocenters. The van der Waals surface area contributed by atoms with Crippen LogP contribution in [0.25, 0.3) is 0 Å². The van der Waals surface area contributed by atoms with E-state index in [0.29, 0.717) is 23.8 Å². The first-order chi connectivity index (χ1) is 22.9. The minimum atomic E-state index is -0.621. The van der Waals surface area contributed by atoms with E-state index in [1.165, 1.54) is 0 Å². The topological polar surface area (TPSA) is 65.0 Å². The molecule has 1 unspecified atom stereocenters. The minimum absolute atomic E-state index is 0.148. The molecule has 3 aromatic carbocycles. The predicted octanol–water partition coefficient (Wildman–Crippen LogP) is 10.8. The molecule has 47 heavy (non-hydrogen) atoms. The Hall–Kier alpha value is -3.03. The molecular formula is C40H50ClNO4S. The molecule has 3 aromatic rings. The van der Waals surface area contributed by atoms with Crippen molar-refractivity contribution in [3.8, 4) is 0 Å². The highest BCUT2D eigenvalue weighted by Gasteiger charge is 2.52. The fourth-order valence-corrected chi connectivity index (χ4v) is 7.19. The summed E-state index contributed by atoms with van der Waals surface area (Å²) >= 11 is 8.17. The second kappa shape index (κ2) is 19.7. The molecule has 2 fully saturated rings. The molecule has 5 rings (SSSR count). The number of ketones is 1. The van der Waals surface area contributed by atoms with Crippen molar-refractivity contribution in [3.63, 3.8) is 0 Å². The van der Waals surface area contributed by atoms with E-state index in [0.717, 1.165) is 65.0 Å². The lowest BCUT2D eigenvalue weighted by Crippen LogP contribution is -2.27. The minimum Gasteiger partial charge on any atom is -0.339 e. The molecule has 1 aliphatic carbocycles. The van der Waals surface area contributed by atoms with Crippen molar-refractivity contribution in [1.82, 2.24) is 0 Å². The van der Waals surface area contributed by atoms with Crippen molar-refractivity contribution in [1.29, 1.82) is 0 Å². The number of hydrogen-bond acceptors (Lipinski definition) is 6. The molecule has 5 nitrogen and oxygen atoms in total. The molecule has 0 radical (unpaired) electrons. The molecule has 0 aromatic heterocycles. The lowest BCUT2D eigenvalue weighted by atomic mass is 9.83. The van der Waals surface area contributed by atoms with Crippen LogP contribution in [0.3, 0.4) is 0 Å². The van der Waals surface area contributed by atoms with E-state index in [2.05, 4.69) is 66.5 Å². The van der Waals surface area contributed by atoms with Crippen LogP contribution in [-0.4, -0.2) is 36.9 Å². The van der Waals surface area contributed by atoms with Crippen molar-refractivity contribution in [3.05, 3.63) is 113 Å². The van der Waals surface area contributed by atoms with Gasteiger partial charge in [0.1, 0.15) is 18.0 Å². The van der Waals surface area contributed by atoms with Gasteiger partial charge in [-0.25, -0.2) is 0 Å². The van der Waals surface area contributed by atoms with Crippen LogP contribution < -0.4 is 0 Å². The first-order valence-corrected chi connectivity index (χ1v) is 18.3. The molecule has 0 N–H and O–H groups in total. The second-order valence-electron chi connectivity index (χ2n) is 11.6. The van der Waals surface area contributed by atoms with E-state index in [-0.39, 0.29) is 18.1 Å². The van der Waals surface area contributed by atoms with Crippen LogP contribution in [0.1, 0.15) is 101 Å². The Morgan fingerprint density at radius 2 is 1.62 bits per heavy atom. The van der Waals surface area contributed by atoms with E-state index < -0.39 is 5.79 Å². The Balaban J connectivity index is 0.000000527. The van der Waals surface area contributed by atoms with Crippen LogP contribution in [-0.2, 0) is 19.1 Å². The van der Waals surface area contributed by atoms with Gasteiger partial charge in [-0.2, -0.15) is 0 Å². The molecule has 1 aliphatic heterocycles. The van der Waals surface area contributed by atoms with Gasteiger partial charge in [-0.1, -0.05) is 105 Å². The van der Waals surface area contributed by atoms with Gasteiger partial charge in [0.15, 0.2) is 12.1 Å². The summed E-state index contributed by atoms with van der Waals surface area (Å²) in [5.74, 6) is -0.126. The second-order valence-corrected chi connectivity index (χ2v) is 12.8. The zero-order chi connectivity index (χ0) is 34.2. The summed E-state index contributed by atoms with van der Waals surface area (Å²) in [4.78, 5) is 27.9. The highest BCUT2D eigenvalue weighted by atomic mass is 35.5. The maximum absolute atomic E-state index is 13.3. The average molecular weight is 676 g/mol. The monoisotopic (exact) mass is 675 g/mol. The van der Waals surface area contributed by atoms with Crippen LogP contribution in [0.15, 0.2) is 101 Å². The van der Waals surface area contributed by atoms with Gasteiger partial charge in [-0.3, -0.25) is 14.6 Å². The molecule has 1 saturated heterocycles. The molecular weight excluding hydrogens is 626 g/mol. The van der Waals surface area contributed by atoms with Crippen molar-refractivity contribution >= 4 is 41.1 Å². The molecule has 0 amide bonds. The summed E-state index contributed by atoms with van der Waals surface area (Å²) in [5.41, 5.74) is 3.78. The van der Waals surface area contributed by atoms with Gasteiger partial charge in [-0.15, -0.1) is 11.8 Å². The number of hydrogen-bond donors (Lipinski definition) is 0. The summed E-state index contributed by atoms with van der Waals surface area (Å²) in [6, 6.07) is 26.9. The lowest BCUT2D eigenvalue weighted by Gasteiger charge is -2.25. The highest BCUT2D eigenvalue weighted by Crippen LogP contribution is 2.55. The number of aldehydes is 1. The van der Waals surface area contributed by atoms with Crippen molar-refractivity contribution in [2.24, 2.45) is 10.9 Å².